The van der Waals surface area contributed by atoms with Crippen LogP contribution in [-0.2, 0) is 6.54 Å². The molecule has 0 saturated heterocycles. The Balaban J connectivity index is 1.76. The maximum Gasteiger partial charge on any atom is 0.181 e. The van der Waals surface area contributed by atoms with Gasteiger partial charge in [-0.2, -0.15) is 5.10 Å². The van der Waals surface area contributed by atoms with Gasteiger partial charge in [0.05, 0.1) is 0 Å². The molecule has 2 N–H and O–H groups in total. The lowest BCUT2D eigenvalue weighted by atomic mass is 10.1. The van der Waals surface area contributed by atoms with Crippen LogP contribution in [0.4, 0.5) is 5.69 Å². The summed E-state index contributed by atoms with van der Waals surface area (Å²) in [5.41, 5.74) is 7.51. The highest BCUT2D eigenvalue weighted by Gasteiger charge is 2.16. The van der Waals surface area contributed by atoms with Gasteiger partial charge in [0.2, 0.25) is 0 Å². The van der Waals surface area contributed by atoms with Crippen molar-refractivity contribution in [2.24, 2.45) is 5.92 Å². The topological polar surface area (TPSA) is 56.7 Å². The molecule has 0 amide bonds. The molecule has 1 heterocycles. The van der Waals surface area contributed by atoms with Crippen LogP contribution in [0.1, 0.15) is 25.7 Å². The fraction of sp³-hybridized carbons (Fsp3) is 0.429. The molecule has 0 radical (unpaired) electrons. The van der Waals surface area contributed by atoms with Gasteiger partial charge in [-0.25, -0.2) is 4.98 Å². The molecule has 2 aromatic rings. The van der Waals surface area contributed by atoms with Gasteiger partial charge in [0, 0.05) is 17.8 Å². The van der Waals surface area contributed by atoms with Gasteiger partial charge in [0.1, 0.15) is 6.33 Å². The van der Waals surface area contributed by atoms with Gasteiger partial charge in [-0.3, -0.25) is 4.68 Å². The first-order chi connectivity index (χ1) is 8.81. The smallest absolute Gasteiger partial charge is 0.181 e. The van der Waals surface area contributed by atoms with E-state index in [0.717, 1.165) is 29.5 Å². The number of nitrogens with zero attached hydrogens (tertiary/aromatic N) is 3. The molecule has 0 aliphatic heterocycles. The van der Waals surface area contributed by atoms with E-state index < -0.39 is 0 Å². The maximum atomic E-state index is 5.77. The predicted octanol–water partition coefficient (Wildman–Crippen LogP) is 2.72. The number of nitrogen functional groups attached to an aromatic ring is 1. The van der Waals surface area contributed by atoms with E-state index in [1.165, 1.54) is 25.7 Å². The molecule has 4 nitrogen and oxygen atoms in total. The molecule has 1 aliphatic carbocycles. The van der Waals surface area contributed by atoms with Gasteiger partial charge in [-0.05, 0) is 30.9 Å². The van der Waals surface area contributed by atoms with Gasteiger partial charge >= 0.3 is 0 Å². The third-order valence-electron chi connectivity index (χ3n) is 3.60. The van der Waals surface area contributed by atoms with Crippen LogP contribution in [-0.4, -0.2) is 14.8 Å². The molecular formula is C14H18N4. The first kappa shape index (κ1) is 11.3. The second-order valence-electron chi connectivity index (χ2n) is 5.07. The maximum absolute atomic E-state index is 5.77. The summed E-state index contributed by atoms with van der Waals surface area (Å²) in [6.07, 6.45) is 7.21. The number of aromatic nitrogens is 3. The molecule has 3 rings (SSSR count). The Labute approximate surface area is 107 Å². The van der Waals surface area contributed by atoms with Crippen molar-refractivity contribution in [2.75, 3.05) is 5.73 Å². The summed E-state index contributed by atoms with van der Waals surface area (Å²) in [5.74, 6) is 1.54. The summed E-state index contributed by atoms with van der Waals surface area (Å²) in [5, 5.41) is 4.54. The van der Waals surface area contributed by atoms with Crippen LogP contribution >= 0.6 is 0 Å². The molecule has 1 fully saturated rings. The molecule has 18 heavy (non-hydrogen) atoms. The van der Waals surface area contributed by atoms with Crippen LogP contribution in [0.5, 0.6) is 0 Å². The van der Waals surface area contributed by atoms with Crippen molar-refractivity contribution in [3.63, 3.8) is 0 Å². The summed E-state index contributed by atoms with van der Waals surface area (Å²) in [6.45, 7) is 0.995. The molecule has 0 atom stereocenters. The fourth-order valence-corrected chi connectivity index (χ4v) is 2.65. The van der Waals surface area contributed by atoms with E-state index in [0.29, 0.717) is 0 Å². The number of hydrogen-bond donors (Lipinski definition) is 1. The molecule has 1 saturated carbocycles. The van der Waals surface area contributed by atoms with Crippen LogP contribution in [0.3, 0.4) is 0 Å². The molecule has 1 aliphatic rings. The third-order valence-corrected chi connectivity index (χ3v) is 3.60. The van der Waals surface area contributed by atoms with Gasteiger partial charge in [0.25, 0.3) is 0 Å². The Morgan fingerprint density at radius 2 is 2.11 bits per heavy atom. The van der Waals surface area contributed by atoms with Gasteiger partial charge in [-0.15, -0.1) is 0 Å². The first-order valence-corrected chi connectivity index (χ1v) is 6.56. The van der Waals surface area contributed by atoms with Crippen molar-refractivity contribution in [1.29, 1.82) is 0 Å². The summed E-state index contributed by atoms with van der Waals surface area (Å²) < 4.78 is 1.97. The predicted molar refractivity (Wildman–Crippen MR) is 71.8 cm³/mol. The van der Waals surface area contributed by atoms with Gasteiger partial charge in [-0.1, -0.05) is 25.0 Å². The van der Waals surface area contributed by atoms with Crippen LogP contribution in [0, 0.1) is 5.92 Å². The summed E-state index contributed by atoms with van der Waals surface area (Å²) in [6, 6.07) is 7.71. The zero-order valence-electron chi connectivity index (χ0n) is 10.4. The zero-order valence-corrected chi connectivity index (χ0v) is 10.4. The summed E-state index contributed by atoms with van der Waals surface area (Å²) in [4.78, 5) is 4.37. The Bertz CT molecular complexity index is 526. The zero-order chi connectivity index (χ0) is 12.4. The molecule has 0 bridgehead atoms. The number of hydrogen-bond acceptors (Lipinski definition) is 3. The van der Waals surface area contributed by atoms with Crippen molar-refractivity contribution in [1.82, 2.24) is 14.8 Å². The average molecular weight is 242 g/mol. The van der Waals surface area contributed by atoms with Crippen LogP contribution in [0.15, 0.2) is 30.6 Å². The number of benzene rings is 1. The van der Waals surface area contributed by atoms with Crippen LogP contribution in [0.25, 0.3) is 11.4 Å². The van der Waals surface area contributed by atoms with E-state index in [9.17, 15) is 0 Å². The normalized spacial score (nSPS) is 16.2. The van der Waals surface area contributed by atoms with E-state index >= 15 is 0 Å². The minimum atomic E-state index is 0.750. The van der Waals surface area contributed by atoms with Crippen molar-refractivity contribution >= 4 is 5.69 Å². The van der Waals surface area contributed by atoms with Crippen LogP contribution in [0.2, 0.25) is 0 Å². The number of rotatable bonds is 3. The van der Waals surface area contributed by atoms with Crippen molar-refractivity contribution in [3.05, 3.63) is 30.6 Å². The van der Waals surface area contributed by atoms with Crippen molar-refractivity contribution in [3.8, 4) is 11.4 Å². The minimum absolute atomic E-state index is 0.750. The van der Waals surface area contributed by atoms with Crippen LogP contribution < -0.4 is 5.73 Å². The summed E-state index contributed by atoms with van der Waals surface area (Å²) >= 11 is 0. The molecule has 1 aromatic carbocycles. The molecule has 4 heteroatoms. The number of anilines is 1. The third kappa shape index (κ3) is 2.37. The minimum Gasteiger partial charge on any atom is -0.399 e. The second-order valence-corrected chi connectivity index (χ2v) is 5.07. The van der Waals surface area contributed by atoms with E-state index in [4.69, 9.17) is 5.73 Å². The number of nitrogens with two attached hydrogens (primary N) is 1. The SMILES string of the molecule is Nc1cccc(-c2ncn(CC3CCCC3)n2)c1. The van der Waals surface area contributed by atoms with Gasteiger partial charge in [0.15, 0.2) is 5.82 Å². The Hall–Kier alpha value is -1.84. The second kappa shape index (κ2) is 4.80. The lowest BCUT2D eigenvalue weighted by Gasteiger charge is -2.07. The Kier molecular flexibility index (Phi) is 3.00. The van der Waals surface area contributed by atoms with Gasteiger partial charge < -0.3 is 5.73 Å². The van der Waals surface area contributed by atoms with Crippen molar-refractivity contribution in [2.45, 2.75) is 32.2 Å². The Morgan fingerprint density at radius 3 is 2.89 bits per heavy atom. The largest absolute Gasteiger partial charge is 0.399 e. The first-order valence-electron chi connectivity index (χ1n) is 6.56. The molecule has 0 spiro atoms. The lowest BCUT2D eigenvalue weighted by Crippen LogP contribution is -2.07. The highest BCUT2D eigenvalue weighted by atomic mass is 15.3. The lowest BCUT2D eigenvalue weighted by molar-refractivity contribution is 0.429. The molecule has 0 unspecified atom stereocenters. The highest BCUT2D eigenvalue weighted by molar-refractivity contribution is 5.60. The molecule has 1 aromatic heterocycles. The summed E-state index contributed by atoms with van der Waals surface area (Å²) in [7, 11) is 0. The average Bonchev–Trinajstić information content (AvgIpc) is 3.01. The standard InChI is InChI=1S/C14H18N4/c15-13-7-3-6-12(8-13)14-16-10-18(17-14)9-11-4-1-2-5-11/h3,6-8,10-11H,1-2,4-5,9,15H2. The monoisotopic (exact) mass is 242 g/mol. The van der Waals surface area contributed by atoms with Crippen molar-refractivity contribution < 1.29 is 0 Å². The van der Waals surface area contributed by atoms with E-state index in [1.807, 2.05) is 35.3 Å². The quantitative estimate of drug-likeness (QED) is 0.842. The fourth-order valence-electron chi connectivity index (χ4n) is 2.65. The molecule has 94 valence electrons. The van der Waals surface area contributed by atoms with E-state index in [1.54, 1.807) is 0 Å². The highest BCUT2D eigenvalue weighted by Crippen LogP contribution is 2.26. The van der Waals surface area contributed by atoms with E-state index in [-0.39, 0.29) is 0 Å². The van der Waals surface area contributed by atoms with E-state index in [2.05, 4.69) is 10.1 Å². The Morgan fingerprint density at radius 1 is 1.28 bits per heavy atom. The molecular weight excluding hydrogens is 224 g/mol.